The van der Waals surface area contributed by atoms with Gasteiger partial charge in [0.1, 0.15) is 5.75 Å². The number of phenols is 1. The third-order valence-electron chi connectivity index (χ3n) is 4.98. The first-order valence-corrected chi connectivity index (χ1v) is 10.1. The molecule has 1 aromatic carbocycles. The summed E-state index contributed by atoms with van der Waals surface area (Å²) in [5.41, 5.74) is 1.11. The largest absolute Gasteiger partial charge is 0.508 e. The van der Waals surface area contributed by atoms with Crippen LogP contribution in [0.1, 0.15) is 102 Å². The number of carboxylic acids is 1. The summed E-state index contributed by atoms with van der Waals surface area (Å²) in [6.07, 6.45) is 14.2. The van der Waals surface area contributed by atoms with Gasteiger partial charge < -0.3 is 10.2 Å². The van der Waals surface area contributed by atoms with Crippen LogP contribution in [0.3, 0.4) is 0 Å². The molecule has 1 aromatic rings. The fourth-order valence-corrected chi connectivity index (χ4v) is 3.48. The number of hydrogen-bond donors (Lipinski definition) is 2. The number of carbonyl (C=O) groups is 1. The third-order valence-corrected chi connectivity index (χ3v) is 4.98. The molecule has 3 heteroatoms. The molecule has 0 aliphatic heterocycles. The Kier molecular flexibility index (Phi) is 11.8. The van der Waals surface area contributed by atoms with Gasteiger partial charge in [0, 0.05) is 6.42 Å². The van der Waals surface area contributed by atoms with Gasteiger partial charge in [-0.1, -0.05) is 82.9 Å². The van der Waals surface area contributed by atoms with E-state index >= 15 is 0 Å². The molecule has 0 saturated heterocycles. The van der Waals surface area contributed by atoms with Crippen molar-refractivity contribution in [3.63, 3.8) is 0 Å². The van der Waals surface area contributed by atoms with Crippen molar-refractivity contribution in [3.8, 4) is 5.75 Å². The lowest BCUT2D eigenvalue weighted by atomic mass is 9.87. The lowest BCUT2D eigenvalue weighted by molar-refractivity contribution is -0.137. The SMILES string of the molecule is CCCCCCC(CCCCCCCCC(=O)O)c1ccccc1O. The van der Waals surface area contributed by atoms with Crippen LogP contribution < -0.4 is 0 Å². The summed E-state index contributed by atoms with van der Waals surface area (Å²) in [5.74, 6) is 0.218. The molecule has 0 aromatic heterocycles. The van der Waals surface area contributed by atoms with Gasteiger partial charge in [-0.3, -0.25) is 4.79 Å². The fourth-order valence-electron chi connectivity index (χ4n) is 3.48. The van der Waals surface area contributed by atoms with E-state index in [1.54, 1.807) is 6.07 Å². The zero-order chi connectivity index (χ0) is 18.3. The van der Waals surface area contributed by atoms with E-state index in [1.165, 1.54) is 44.9 Å². The Morgan fingerprint density at radius 1 is 0.880 bits per heavy atom. The van der Waals surface area contributed by atoms with Crippen LogP contribution in [0.5, 0.6) is 5.75 Å². The van der Waals surface area contributed by atoms with Gasteiger partial charge in [-0.05, 0) is 36.8 Å². The summed E-state index contributed by atoms with van der Waals surface area (Å²) in [4.78, 5) is 10.5. The van der Waals surface area contributed by atoms with E-state index in [0.29, 0.717) is 18.1 Å². The van der Waals surface area contributed by atoms with Gasteiger partial charge >= 0.3 is 5.97 Å². The van der Waals surface area contributed by atoms with Crippen molar-refractivity contribution in [1.82, 2.24) is 0 Å². The van der Waals surface area contributed by atoms with Gasteiger partial charge in [0.2, 0.25) is 0 Å². The second kappa shape index (κ2) is 13.7. The maximum absolute atomic E-state index is 10.5. The number of benzene rings is 1. The standard InChI is InChI=1S/C22H36O3/c1-2-3-4-9-14-19(20-16-12-13-17-21(20)23)15-10-7-5-6-8-11-18-22(24)25/h12-13,16-17,19,23H,2-11,14-15,18H2,1H3,(H,24,25). The summed E-state index contributed by atoms with van der Waals surface area (Å²) in [7, 11) is 0. The number of aromatic hydroxyl groups is 1. The minimum atomic E-state index is -0.686. The quantitative estimate of drug-likeness (QED) is 0.349. The van der Waals surface area contributed by atoms with Crippen molar-refractivity contribution in [2.24, 2.45) is 0 Å². The van der Waals surface area contributed by atoms with E-state index in [-0.39, 0.29) is 0 Å². The summed E-state index contributed by atoms with van der Waals surface area (Å²) < 4.78 is 0. The highest BCUT2D eigenvalue weighted by Crippen LogP contribution is 2.33. The molecule has 0 aliphatic carbocycles. The normalized spacial score (nSPS) is 12.2. The molecule has 3 nitrogen and oxygen atoms in total. The summed E-state index contributed by atoms with van der Waals surface area (Å²) >= 11 is 0. The first kappa shape index (κ1) is 21.5. The second-order valence-corrected chi connectivity index (χ2v) is 7.16. The van der Waals surface area contributed by atoms with E-state index in [0.717, 1.165) is 37.7 Å². The van der Waals surface area contributed by atoms with Crippen LogP contribution in [0.2, 0.25) is 0 Å². The highest BCUT2D eigenvalue weighted by molar-refractivity contribution is 5.66. The number of unbranched alkanes of at least 4 members (excludes halogenated alkanes) is 8. The van der Waals surface area contributed by atoms with E-state index in [9.17, 15) is 9.90 Å². The van der Waals surface area contributed by atoms with Crippen LogP contribution in [-0.2, 0) is 4.79 Å². The smallest absolute Gasteiger partial charge is 0.303 e. The number of carboxylic acid groups (broad SMARTS) is 1. The van der Waals surface area contributed by atoms with Crippen LogP contribution in [0, 0.1) is 0 Å². The van der Waals surface area contributed by atoms with Crippen molar-refractivity contribution < 1.29 is 15.0 Å². The first-order chi connectivity index (χ1) is 12.1. The first-order valence-electron chi connectivity index (χ1n) is 10.1. The van der Waals surface area contributed by atoms with E-state index in [2.05, 4.69) is 13.0 Å². The maximum Gasteiger partial charge on any atom is 0.303 e. The molecule has 1 rings (SSSR count). The zero-order valence-electron chi connectivity index (χ0n) is 15.9. The number of aliphatic carboxylic acids is 1. The average molecular weight is 349 g/mol. The van der Waals surface area contributed by atoms with Crippen LogP contribution >= 0.6 is 0 Å². The van der Waals surface area contributed by atoms with Gasteiger partial charge in [-0.15, -0.1) is 0 Å². The molecule has 0 saturated carbocycles. The van der Waals surface area contributed by atoms with Crippen LogP contribution in [-0.4, -0.2) is 16.2 Å². The average Bonchev–Trinajstić information content (AvgIpc) is 2.59. The molecular weight excluding hydrogens is 312 g/mol. The molecule has 142 valence electrons. The molecule has 0 aliphatic rings. The Morgan fingerprint density at radius 3 is 2.04 bits per heavy atom. The Balaban J connectivity index is 2.31. The molecule has 0 bridgehead atoms. The molecule has 1 unspecified atom stereocenters. The molecule has 0 heterocycles. The fraction of sp³-hybridized carbons (Fsp3) is 0.682. The second-order valence-electron chi connectivity index (χ2n) is 7.16. The summed E-state index contributed by atoms with van der Waals surface area (Å²) in [6.45, 7) is 2.23. The highest BCUT2D eigenvalue weighted by Gasteiger charge is 2.14. The van der Waals surface area contributed by atoms with Gasteiger partial charge in [0.05, 0.1) is 0 Å². The van der Waals surface area contributed by atoms with Crippen LogP contribution in [0.25, 0.3) is 0 Å². The summed E-state index contributed by atoms with van der Waals surface area (Å²) in [6, 6.07) is 7.79. The molecule has 0 spiro atoms. The Morgan fingerprint density at radius 2 is 1.44 bits per heavy atom. The van der Waals surface area contributed by atoms with E-state index in [1.807, 2.05) is 12.1 Å². The van der Waals surface area contributed by atoms with Crippen LogP contribution in [0.4, 0.5) is 0 Å². The lowest BCUT2D eigenvalue weighted by Gasteiger charge is -2.18. The minimum Gasteiger partial charge on any atom is -0.508 e. The topological polar surface area (TPSA) is 57.5 Å². The molecule has 0 fully saturated rings. The predicted molar refractivity (Wildman–Crippen MR) is 104 cm³/mol. The van der Waals surface area contributed by atoms with Crippen LogP contribution in [0.15, 0.2) is 24.3 Å². The predicted octanol–water partition coefficient (Wildman–Crippen LogP) is 6.65. The van der Waals surface area contributed by atoms with Gasteiger partial charge in [-0.25, -0.2) is 0 Å². The van der Waals surface area contributed by atoms with Gasteiger partial charge in [0.15, 0.2) is 0 Å². The number of hydrogen-bond acceptors (Lipinski definition) is 2. The Hall–Kier alpha value is -1.51. The van der Waals surface area contributed by atoms with Crippen molar-refractivity contribution >= 4 is 5.97 Å². The molecular formula is C22H36O3. The number of phenolic OH excluding ortho intramolecular Hbond substituents is 1. The zero-order valence-corrected chi connectivity index (χ0v) is 15.9. The maximum atomic E-state index is 10.5. The minimum absolute atomic E-state index is 0.299. The molecule has 0 amide bonds. The molecule has 1 atom stereocenters. The third kappa shape index (κ3) is 10.2. The van der Waals surface area contributed by atoms with Gasteiger partial charge in [-0.2, -0.15) is 0 Å². The number of rotatable bonds is 15. The Labute approximate surface area is 153 Å². The monoisotopic (exact) mass is 348 g/mol. The molecule has 25 heavy (non-hydrogen) atoms. The molecule has 2 N–H and O–H groups in total. The van der Waals surface area contributed by atoms with E-state index < -0.39 is 5.97 Å². The van der Waals surface area contributed by atoms with Crippen molar-refractivity contribution in [2.75, 3.05) is 0 Å². The lowest BCUT2D eigenvalue weighted by Crippen LogP contribution is -2.00. The number of para-hydroxylation sites is 1. The molecule has 0 radical (unpaired) electrons. The highest BCUT2D eigenvalue weighted by atomic mass is 16.4. The van der Waals surface area contributed by atoms with Crippen molar-refractivity contribution in [1.29, 1.82) is 0 Å². The van der Waals surface area contributed by atoms with E-state index in [4.69, 9.17) is 5.11 Å². The van der Waals surface area contributed by atoms with Gasteiger partial charge in [0.25, 0.3) is 0 Å². The Bertz CT molecular complexity index is 470. The van der Waals surface area contributed by atoms with Crippen molar-refractivity contribution in [3.05, 3.63) is 29.8 Å². The summed E-state index contributed by atoms with van der Waals surface area (Å²) in [5, 5.41) is 18.8. The van der Waals surface area contributed by atoms with Crippen molar-refractivity contribution in [2.45, 2.75) is 96.3 Å².